The van der Waals surface area contributed by atoms with Crippen LogP contribution in [0.1, 0.15) is 37.6 Å². The van der Waals surface area contributed by atoms with E-state index in [-0.39, 0.29) is 6.04 Å². The summed E-state index contributed by atoms with van der Waals surface area (Å²) in [5, 5.41) is 8.08. The van der Waals surface area contributed by atoms with Gasteiger partial charge in [-0.3, -0.25) is 0 Å². The highest BCUT2D eigenvalue weighted by Crippen LogP contribution is 2.15. The van der Waals surface area contributed by atoms with Crippen LogP contribution >= 0.6 is 0 Å². The molecule has 0 bridgehead atoms. The summed E-state index contributed by atoms with van der Waals surface area (Å²) in [6, 6.07) is 0.117. The van der Waals surface area contributed by atoms with Crippen molar-refractivity contribution in [2.24, 2.45) is 5.73 Å². The lowest BCUT2D eigenvalue weighted by atomic mass is 10.3. The SMILES string of the molecule is COCC(N)c1nnc(C)n1C(C)C. The molecule has 1 rings (SSSR count). The van der Waals surface area contributed by atoms with Crippen LogP contribution < -0.4 is 5.73 Å². The lowest BCUT2D eigenvalue weighted by Crippen LogP contribution is -2.22. The largest absolute Gasteiger partial charge is 0.383 e. The second-order valence-electron chi connectivity index (χ2n) is 3.63. The molecule has 2 N–H and O–H groups in total. The number of aryl methyl sites for hydroxylation is 1. The minimum absolute atomic E-state index is 0.205. The maximum absolute atomic E-state index is 5.91. The average molecular weight is 198 g/mol. The van der Waals surface area contributed by atoms with Gasteiger partial charge in [-0.25, -0.2) is 0 Å². The lowest BCUT2D eigenvalue weighted by molar-refractivity contribution is 0.176. The molecule has 0 aliphatic carbocycles. The van der Waals surface area contributed by atoms with E-state index in [9.17, 15) is 0 Å². The summed E-state index contributed by atoms with van der Waals surface area (Å²) < 4.78 is 7.03. The summed E-state index contributed by atoms with van der Waals surface area (Å²) >= 11 is 0. The van der Waals surface area contributed by atoms with Gasteiger partial charge in [-0.1, -0.05) is 0 Å². The average Bonchev–Trinajstić information content (AvgIpc) is 2.47. The summed E-state index contributed by atoms with van der Waals surface area (Å²) in [6.45, 7) is 6.56. The van der Waals surface area contributed by atoms with E-state index in [0.717, 1.165) is 11.6 Å². The third kappa shape index (κ3) is 2.10. The van der Waals surface area contributed by atoms with Crippen molar-refractivity contribution in [3.05, 3.63) is 11.6 Å². The van der Waals surface area contributed by atoms with E-state index < -0.39 is 0 Å². The molecule has 0 aromatic carbocycles. The predicted octanol–water partition coefficient (Wildman–Crippen LogP) is 0.814. The van der Waals surface area contributed by atoms with Crippen molar-refractivity contribution in [3.8, 4) is 0 Å². The van der Waals surface area contributed by atoms with Gasteiger partial charge in [-0.05, 0) is 20.8 Å². The molecule has 1 heterocycles. The molecule has 1 aromatic rings. The predicted molar refractivity (Wildman–Crippen MR) is 53.9 cm³/mol. The number of aromatic nitrogens is 3. The summed E-state index contributed by atoms with van der Waals surface area (Å²) in [6.07, 6.45) is 0. The zero-order valence-electron chi connectivity index (χ0n) is 9.19. The Kier molecular flexibility index (Phi) is 3.60. The fraction of sp³-hybridized carbons (Fsp3) is 0.778. The lowest BCUT2D eigenvalue weighted by Gasteiger charge is -2.16. The topological polar surface area (TPSA) is 66.0 Å². The number of nitrogens with two attached hydrogens (primary N) is 1. The molecule has 5 heteroatoms. The number of hydrogen-bond donors (Lipinski definition) is 1. The fourth-order valence-corrected chi connectivity index (χ4v) is 1.53. The van der Waals surface area contributed by atoms with Crippen molar-refractivity contribution < 1.29 is 4.74 Å². The third-order valence-corrected chi connectivity index (χ3v) is 2.09. The first kappa shape index (κ1) is 11.1. The minimum Gasteiger partial charge on any atom is -0.383 e. The Balaban J connectivity index is 2.96. The normalized spacial score (nSPS) is 13.6. The van der Waals surface area contributed by atoms with Crippen molar-refractivity contribution >= 4 is 0 Å². The molecule has 0 fully saturated rings. The molecule has 0 saturated heterocycles. The van der Waals surface area contributed by atoms with E-state index >= 15 is 0 Å². The summed E-state index contributed by atoms with van der Waals surface area (Å²) in [4.78, 5) is 0. The van der Waals surface area contributed by atoms with E-state index in [1.54, 1.807) is 7.11 Å². The van der Waals surface area contributed by atoms with Gasteiger partial charge in [0.1, 0.15) is 5.82 Å². The summed E-state index contributed by atoms with van der Waals surface area (Å²) in [5.41, 5.74) is 5.91. The first-order valence-electron chi connectivity index (χ1n) is 4.73. The van der Waals surface area contributed by atoms with Gasteiger partial charge < -0.3 is 15.0 Å². The van der Waals surface area contributed by atoms with Crippen molar-refractivity contribution in [2.75, 3.05) is 13.7 Å². The molecule has 0 saturated carbocycles. The number of methoxy groups -OCH3 is 1. The van der Waals surface area contributed by atoms with Crippen LogP contribution in [0.5, 0.6) is 0 Å². The maximum Gasteiger partial charge on any atom is 0.152 e. The van der Waals surface area contributed by atoms with E-state index in [0.29, 0.717) is 12.6 Å². The number of nitrogens with zero attached hydrogens (tertiary/aromatic N) is 3. The molecule has 0 spiro atoms. The quantitative estimate of drug-likeness (QED) is 0.777. The van der Waals surface area contributed by atoms with Gasteiger partial charge in [0.25, 0.3) is 0 Å². The van der Waals surface area contributed by atoms with Crippen molar-refractivity contribution in [3.63, 3.8) is 0 Å². The van der Waals surface area contributed by atoms with Crippen LogP contribution in [0.3, 0.4) is 0 Å². The Labute approximate surface area is 84.3 Å². The van der Waals surface area contributed by atoms with Crippen LogP contribution in [0, 0.1) is 6.92 Å². The molecule has 0 amide bonds. The Morgan fingerprint density at radius 1 is 1.43 bits per heavy atom. The molecule has 1 aromatic heterocycles. The Hall–Kier alpha value is -0.940. The molecule has 1 atom stereocenters. The molecular formula is C9H18N4O. The van der Waals surface area contributed by atoms with Crippen molar-refractivity contribution in [1.29, 1.82) is 0 Å². The molecule has 0 radical (unpaired) electrons. The van der Waals surface area contributed by atoms with Crippen molar-refractivity contribution in [2.45, 2.75) is 32.9 Å². The molecule has 5 nitrogen and oxygen atoms in total. The van der Waals surface area contributed by atoms with E-state index in [1.807, 2.05) is 11.5 Å². The molecule has 0 aliphatic rings. The van der Waals surface area contributed by atoms with E-state index in [4.69, 9.17) is 10.5 Å². The van der Waals surface area contributed by atoms with Crippen LogP contribution in [0.25, 0.3) is 0 Å². The first-order valence-corrected chi connectivity index (χ1v) is 4.73. The van der Waals surface area contributed by atoms with Crippen molar-refractivity contribution in [1.82, 2.24) is 14.8 Å². The van der Waals surface area contributed by atoms with Crippen LogP contribution in [0.2, 0.25) is 0 Å². The fourth-order valence-electron chi connectivity index (χ4n) is 1.53. The van der Waals surface area contributed by atoms with Crippen LogP contribution in [0.15, 0.2) is 0 Å². The standard InChI is InChI=1S/C9H18N4O/c1-6(2)13-7(3)11-12-9(13)8(10)5-14-4/h6,8H,5,10H2,1-4H3. The van der Waals surface area contributed by atoms with E-state index in [1.165, 1.54) is 0 Å². The zero-order chi connectivity index (χ0) is 10.7. The number of ether oxygens (including phenoxy) is 1. The highest BCUT2D eigenvalue weighted by atomic mass is 16.5. The number of hydrogen-bond acceptors (Lipinski definition) is 4. The highest BCUT2D eigenvalue weighted by Gasteiger charge is 2.17. The number of rotatable bonds is 4. The molecule has 1 unspecified atom stereocenters. The monoisotopic (exact) mass is 198 g/mol. The van der Waals surface area contributed by atoms with Gasteiger partial charge in [0.15, 0.2) is 5.82 Å². The summed E-state index contributed by atoms with van der Waals surface area (Å²) in [7, 11) is 1.63. The molecule has 0 aliphatic heterocycles. The molecule has 80 valence electrons. The van der Waals surface area contributed by atoms with Crippen LogP contribution in [0.4, 0.5) is 0 Å². The van der Waals surface area contributed by atoms with Gasteiger partial charge in [0.05, 0.1) is 12.6 Å². The van der Waals surface area contributed by atoms with Gasteiger partial charge in [0.2, 0.25) is 0 Å². The molecular weight excluding hydrogens is 180 g/mol. The van der Waals surface area contributed by atoms with Gasteiger partial charge >= 0.3 is 0 Å². The van der Waals surface area contributed by atoms with Gasteiger partial charge in [0, 0.05) is 13.2 Å². The van der Waals surface area contributed by atoms with E-state index in [2.05, 4.69) is 24.0 Å². The maximum atomic E-state index is 5.91. The second-order valence-corrected chi connectivity index (χ2v) is 3.63. The Bertz CT molecular complexity index is 295. The van der Waals surface area contributed by atoms with Crippen LogP contribution in [-0.2, 0) is 4.74 Å². The smallest absolute Gasteiger partial charge is 0.152 e. The molecule has 14 heavy (non-hydrogen) atoms. The first-order chi connectivity index (χ1) is 6.57. The minimum atomic E-state index is -0.205. The summed E-state index contributed by atoms with van der Waals surface area (Å²) in [5.74, 6) is 1.68. The zero-order valence-corrected chi connectivity index (χ0v) is 9.19. The third-order valence-electron chi connectivity index (χ3n) is 2.09. The van der Waals surface area contributed by atoms with Gasteiger partial charge in [-0.2, -0.15) is 0 Å². The second kappa shape index (κ2) is 4.52. The highest BCUT2D eigenvalue weighted by molar-refractivity contribution is 5.01. The van der Waals surface area contributed by atoms with Crippen LogP contribution in [-0.4, -0.2) is 28.5 Å². The van der Waals surface area contributed by atoms with Gasteiger partial charge in [-0.15, -0.1) is 10.2 Å². The Morgan fingerprint density at radius 3 is 2.57 bits per heavy atom. The Morgan fingerprint density at radius 2 is 2.07 bits per heavy atom.